The Labute approximate surface area is 141 Å². The van der Waals surface area contributed by atoms with Gasteiger partial charge in [0, 0.05) is 0 Å². The van der Waals surface area contributed by atoms with Gasteiger partial charge in [0.15, 0.2) is 0 Å². The van der Waals surface area contributed by atoms with E-state index in [1.165, 1.54) is 19.2 Å². The Morgan fingerprint density at radius 3 is 2.21 bits per heavy atom. The first-order chi connectivity index (χ1) is 11.3. The van der Waals surface area contributed by atoms with Crippen molar-refractivity contribution in [2.24, 2.45) is 0 Å². The van der Waals surface area contributed by atoms with Crippen LogP contribution in [0.3, 0.4) is 0 Å². The summed E-state index contributed by atoms with van der Waals surface area (Å²) in [4.78, 5) is 11.2. The number of aryl methyl sites for hydroxylation is 1. The fourth-order valence-electron chi connectivity index (χ4n) is 2.21. The van der Waals surface area contributed by atoms with Crippen molar-refractivity contribution in [1.29, 1.82) is 0 Å². The molecule has 7 heteroatoms. The van der Waals surface area contributed by atoms with Gasteiger partial charge in [0.1, 0.15) is 5.75 Å². The average Bonchev–Trinajstić information content (AvgIpc) is 2.54. The number of benzene rings is 2. The molecule has 0 aromatic heterocycles. The third kappa shape index (κ3) is 4.56. The second kappa shape index (κ2) is 7.46. The molecule has 6 nitrogen and oxygen atoms in total. The van der Waals surface area contributed by atoms with Gasteiger partial charge in [-0.1, -0.05) is 29.8 Å². The lowest BCUT2D eigenvalue weighted by Crippen LogP contribution is -2.30. The highest BCUT2D eigenvalue weighted by molar-refractivity contribution is 7.89. The zero-order valence-electron chi connectivity index (χ0n) is 13.4. The number of nitrogens with one attached hydrogen (secondary N) is 1. The number of hydrogen-bond acceptors (Lipinski definition) is 4. The van der Waals surface area contributed by atoms with E-state index in [1.807, 2.05) is 6.92 Å². The number of carbonyl (C=O) groups is 1. The number of carboxylic acid groups (broad SMARTS) is 1. The molecule has 2 aromatic rings. The highest BCUT2D eigenvalue weighted by Crippen LogP contribution is 2.23. The smallest absolute Gasteiger partial charge is 0.305 e. The van der Waals surface area contributed by atoms with Gasteiger partial charge in [0.05, 0.1) is 24.5 Å². The quantitative estimate of drug-likeness (QED) is 0.801. The van der Waals surface area contributed by atoms with Crippen LogP contribution in [0.5, 0.6) is 5.75 Å². The van der Waals surface area contributed by atoms with E-state index >= 15 is 0 Å². The van der Waals surface area contributed by atoms with E-state index in [9.17, 15) is 13.2 Å². The van der Waals surface area contributed by atoms with Gasteiger partial charge in [0.25, 0.3) is 0 Å². The predicted octanol–water partition coefficient (Wildman–Crippen LogP) is 2.50. The van der Waals surface area contributed by atoms with Gasteiger partial charge in [-0.05, 0) is 36.8 Å². The number of ether oxygens (including phenoxy) is 1. The maximum atomic E-state index is 12.5. The van der Waals surface area contributed by atoms with E-state index in [0.29, 0.717) is 11.3 Å². The van der Waals surface area contributed by atoms with Gasteiger partial charge >= 0.3 is 5.97 Å². The number of rotatable bonds is 7. The molecule has 2 aromatic carbocycles. The van der Waals surface area contributed by atoms with Crippen LogP contribution < -0.4 is 9.46 Å². The Hall–Kier alpha value is -2.38. The molecule has 0 radical (unpaired) electrons. The second-order valence-corrected chi connectivity index (χ2v) is 7.07. The molecule has 0 aliphatic carbocycles. The van der Waals surface area contributed by atoms with Gasteiger partial charge in [-0.3, -0.25) is 4.79 Å². The number of methoxy groups -OCH3 is 1. The van der Waals surface area contributed by atoms with Crippen molar-refractivity contribution in [3.8, 4) is 5.75 Å². The Kier molecular flexibility index (Phi) is 5.58. The van der Waals surface area contributed by atoms with Crippen molar-refractivity contribution in [3.05, 3.63) is 59.7 Å². The van der Waals surface area contributed by atoms with E-state index in [0.717, 1.165) is 5.56 Å². The van der Waals surface area contributed by atoms with Crippen LogP contribution in [0.1, 0.15) is 23.6 Å². The number of hydrogen-bond donors (Lipinski definition) is 2. The Balaban J connectivity index is 2.30. The van der Waals surface area contributed by atoms with Crippen molar-refractivity contribution in [1.82, 2.24) is 4.72 Å². The summed E-state index contributed by atoms with van der Waals surface area (Å²) >= 11 is 0. The van der Waals surface area contributed by atoms with Crippen LogP contribution in [-0.2, 0) is 14.8 Å². The fourth-order valence-corrected chi connectivity index (χ4v) is 3.44. The predicted molar refractivity (Wildman–Crippen MR) is 89.5 cm³/mol. The topological polar surface area (TPSA) is 92.7 Å². The molecule has 0 saturated heterocycles. The lowest BCUT2D eigenvalue weighted by Gasteiger charge is -2.18. The fraction of sp³-hybridized carbons (Fsp3) is 0.235. The normalized spacial score (nSPS) is 12.6. The summed E-state index contributed by atoms with van der Waals surface area (Å²) in [6.07, 6.45) is -0.364. The van der Waals surface area contributed by atoms with E-state index in [-0.39, 0.29) is 11.3 Å². The van der Waals surface area contributed by atoms with Crippen LogP contribution in [0.25, 0.3) is 0 Å². The molecule has 24 heavy (non-hydrogen) atoms. The minimum Gasteiger partial charge on any atom is -0.497 e. The van der Waals surface area contributed by atoms with Crippen LogP contribution >= 0.6 is 0 Å². The Morgan fingerprint density at radius 2 is 1.71 bits per heavy atom. The van der Waals surface area contributed by atoms with E-state index in [4.69, 9.17) is 9.84 Å². The first-order valence-electron chi connectivity index (χ1n) is 7.26. The summed E-state index contributed by atoms with van der Waals surface area (Å²) in [6.45, 7) is 1.86. The number of aliphatic carboxylic acids is 1. The summed E-state index contributed by atoms with van der Waals surface area (Å²) in [5.41, 5.74) is 1.49. The molecule has 128 valence electrons. The standard InChI is InChI=1S/C17H19NO5S/c1-12-3-9-15(10-4-12)24(21,22)18-16(11-17(19)20)13-5-7-14(23-2)8-6-13/h3-10,16,18H,11H2,1-2H3,(H,19,20)/t16-/m1/s1. The number of carboxylic acids is 1. The maximum absolute atomic E-state index is 12.5. The van der Waals surface area contributed by atoms with E-state index < -0.39 is 22.0 Å². The molecule has 0 bridgehead atoms. The molecule has 0 spiro atoms. The Morgan fingerprint density at radius 1 is 1.12 bits per heavy atom. The average molecular weight is 349 g/mol. The highest BCUT2D eigenvalue weighted by Gasteiger charge is 2.23. The third-order valence-corrected chi connectivity index (χ3v) is 5.01. The first kappa shape index (κ1) is 18.0. The van der Waals surface area contributed by atoms with Crippen molar-refractivity contribution in [3.63, 3.8) is 0 Å². The third-order valence-electron chi connectivity index (χ3n) is 3.53. The summed E-state index contributed by atoms with van der Waals surface area (Å²) in [5.74, 6) is -0.489. The first-order valence-corrected chi connectivity index (χ1v) is 8.75. The Bertz CT molecular complexity index is 798. The molecule has 0 aliphatic heterocycles. The highest BCUT2D eigenvalue weighted by atomic mass is 32.2. The van der Waals surface area contributed by atoms with Crippen molar-refractivity contribution in [2.75, 3.05) is 7.11 Å². The maximum Gasteiger partial charge on any atom is 0.305 e. The van der Waals surface area contributed by atoms with Crippen molar-refractivity contribution >= 4 is 16.0 Å². The molecule has 0 amide bonds. The molecule has 0 aliphatic rings. The molecule has 2 rings (SSSR count). The van der Waals surface area contributed by atoms with E-state index in [2.05, 4.69) is 4.72 Å². The summed E-state index contributed by atoms with van der Waals surface area (Å²) in [6, 6.07) is 12.1. The molecular formula is C17H19NO5S. The van der Waals surface area contributed by atoms with Crippen LogP contribution in [-0.4, -0.2) is 26.6 Å². The SMILES string of the molecule is COc1ccc([C@@H](CC(=O)O)NS(=O)(=O)c2ccc(C)cc2)cc1. The molecule has 1 atom stereocenters. The van der Waals surface area contributed by atoms with Crippen molar-refractivity contribution < 1.29 is 23.1 Å². The minimum atomic E-state index is -3.83. The summed E-state index contributed by atoms with van der Waals surface area (Å²) in [5, 5.41) is 9.09. The van der Waals surface area contributed by atoms with Crippen LogP contribution in [0.2, 0.25) is 0 Å². The largest absolute Gasteiger partial charge is 0.497 e. The lowest BCUT2D eigenvalue weighted by atomic mass is 10.0. The van der Waals surface area contributed by atoms with Gasteiger partial charge in [0.2, 0.25) is 10.0 Å². The minimum absolute atomic E-state index is 0.0944. The van der Waals surface area contributed by atoms with Gasteiger partial charge in [-0.15, -0.1) is 0 Å². The molecular weight excluding hydrogens is 330 g/mol. The molecule has 0 unspecified atom stereocenters. The van der Waals surface area contributed by atoms with Crippen LogP contribution in [0.4, 0.5) is 0 Å². The molecule has 0 fully saturated rings. The molecule has 0 heterocycles. The van der Waals surface area contributed by atoms with Gasteiger partial charge in [-0.2, -0.15) is 0 Å². The second-order valence-electron chi connectivity index (χ2n) is 5.36. The summed E-state index contributed by atoms with van der Waals surface area (Å²) in [7, 11) is -2.31. The molecule has 0 saturated carbocycles. The molecule has 2 N–H and O–H groups in total. The van der Waals surface area contributed by atoms with Crippen LogP contribution in [0, 0.1) is 6.92 Å². The number of sulfonamides is 1. The zero-order valence-corrected chi connectivity index (χ0v) is 14.2. The van der Waals surface area contributed by atoms with Crippen molar-refractivity contribution in [2.45, 2.75) is 24.3 Å². The monoisotopic (exact) mass is 349 g/mol. The van der Waals surface area contributed by atoms with E-state index in [1.54, 1.807) is 36.4 Å². The summed E-state index contributed by atoms with van der Waals surface area (Å²) < 4.78 is 32.5. The lowest BCUT2D eigenvalue weighted by molar-refractivity contribution is -0.137. The van der Waals surface area contributed by atoms with Crippen LogP contribution in [0.15, 0.2) is 53.4 Å². The van der Waals surface area contributed by atoms with Gasteiger partial charge < -0.3 is 9.84 Å². The zero-order chi connectivity index (χ0) is 17.7. The van der Waals surface area contributed by atoms with Gasteiger partial charge in [-0.25, -0.2) is 13.1 Å².